The van der Waals surface area contributed by atoms with Crippen LogP contribution in [0.3, 0.4) is 0 Å². The largest absolute Gasteiger partial charge is 0.454 e. The predicted octanol–water partition coefficient (Wildman–Crippen LogP) is 4.46. The van der Waals surface area contributed by atoms with Crippen LogP contribution in [0.25, 0.3) is 0 Å². The average Bonchev–Trinajstić information content (AvgIpc) is 2.68. The van der Waals surface area contributed by atoms with E-state index in [-0.39, 0.29) is 23.1 Å². The first-order chi connectivity index (χ1) is 13.0. The molecular formula is C20H15FN2O4. The number of nitro benzene ring substituents is 1. The average molecular weight is 366 g/mol. The van der Waals surface area contributed by atoms with Gasteiger partial charge in [0.2, 0.25) is 0 Å². The second-order valence-corrected chi connectivity index (χ2v) is 5.67. The Labute approximate surface area is 154 Å². The van der Waals surface area contributed by atoms with Crippen molar-refractivity contribution in [3.05, 3.63) is 99.9 Å². The van der Waals surface area contributed by atoms with Crippen molar-refractivity contribution in [2.45, 2.75) is 6.54 Å². The summed E-state index contributed by atoms with van der Waals surface area (Å²) in [5.41, 5.74) is 0.950. The zero-order chi connectivity index (χ0) is 19.2. The Kier molecular flexibility index (Phi) is 5.41. The molecule has 0 unspecified atom stereocenters. The molecule has 136 valence electrons. The number of ether oxygens (including phenoxy) is 1. The van der Waals surface area contributed by atoms with Crippen LogP contribution in [-0.2, 0) is 6.54 Å². The SMILES string of the molecule is O=C(NCc1ccccc1)c1cccc(Oc2ccc([N+](=O)[O-])cc2F)c1. The van der Waals surface area contributed by atoms with E-state index in [1.165, 1.54) is 12.1 Å². The minimum absolute atomic E-state index is 0.164. The maximum Gasteiger partial charge on any atom is 0.272 e. The molecular weight excluding hydrogens is 351 g/mol. The van der Waals surface area contributed by atoms with E-state index in [2.05, 4.69) is 5.32 Å². The molecule has 0 fully saturated rings. The molecule has 0 bridgehead atoms. The van der Waals surface area contributed by atoms with Crippen LogP contribution in [0.4, 0.5) is 10.1 Å². The molecule has 0 aromatic heterocycles. The van der Waals surface area contributed by atoms with Crippen molar-refractivity contribution >= 4 is 11.6 Å². The molecule has 27 heavy (non-hydrogen) atoms. The lowest BCUT2D eigenvalue weighted by Gasteiger charge is -2.09. The predicted molar refractivity (Wildman–Crippen MR) is 97.2 cm³/mol. The molecule has 0 aliphatic heterocycles. The van der Waals surface area contributed by atoms with Crippen molar-refractivity contribution in [3.8, 4) is 11.5 Å². The second-order valence-electron chi connectivity index (χ2n) is 5.67. The summed E-state index contributed by atoms with van der Waals surface area (Å²) in [5.74, 6) is -1.07. The highest BCUT2D eigenvalue weighted by Crippen LogP contribution is 2.27. The van der Waals surface area contributed by atoms with Gasteiger partial charge in [-0.25, -0.2) is 4.39 Å². The molecule has 7 heteroatoms. The van der Waals surface area contributed by atoms with Crippen molar-refractivity contribution in [2.24, 2.45) is 0 Å². The van der Waals surface area contributed by atoms with Crippen LogP contribution in [-0.4, -0.2) is 10.8 Å². The molecule has 0 radical (unpaired) electrons. The van der Waals surface area contributed by atoms with Gasteiger partial charge in [0.15, 0.2) is 11.6 Å². The topological polar surface area (TPSA) is 81.5 Å². The lowest BCUT2D eigenvalue weighted by molar-refractivity contribution is -0.385. The molecule has 3 aromatic carbocycles. The maximum atomic E-state index is 14.0. The molecule has 0 heterocycles. The van der Waals surface area contributed by atoms with E-state index < -0.39 is 10.7 Å². The summed E-state index contributed by atoms with van der Waals surface area (Å²) in [6.07, 6.45) is 0. The van der Waals surface area contributed by atoms with E-state index in [0.717, 1.165) is 17.7 Å². The fraction of sp³-hybridized carbons (Fsp3) is 0.0500. The van der Waals surface area contributed by atoms with E-state index in [0.29, 0.717) is 12.1 Å². The summed E-state index contributed by atoms with van der Waals surface area (Å²) in [7, 11) is 0. The van der Waals surface area contributed by atoms with Gasteiger partial charge in [-0.3, -0.25) is 14.9 Å². The Morgan fingerprint density at radius 2 is 1.81 bits per heavy atom. The summed E-state index contributed by atoms with van der Waals surface area (Å²) in [5, 5.41) is 13.5. The number of carbonyl (C=O) groups is 1. The summed E-state index contributed by atoms with van der Waals surface area (Å²) < 4.78 is 19.4. The highest BCUT2D eigenvalue weighted by Gasteiger charge is 2.13. The molecule has 0 atom stereocenters. The van der Waals surface area contributed by atoms with E-state index in [1.54, 1.807) is 18.2 Å². The van der Waals surface area contributed by atoms with Crippen molar-refractivity contribution < 1.29 is 18.8 Å². The van der Waals surface area contributed by atoms with Gasteiger partial charge in [-0.1, -0.05) is 36.4 Å². The van der Waals surface area contributed by atoms with E-state index in [9.17, 15) is 19.3 Å². The van der Waals surface area contributed by atoms with Gasteiger partial charge in [0.25, 0.3) is 11.6 Å². The van der Waals surface area contributed by atoms with Gasteiger partial charge in [-0.05, 0) is 29.8 Å². The minimum Gasteiger partial charge on any atom is -0.454 e. The Morgan fingerprint density at radius 3 is 2.52 bits per heavy atom. The first kappa shape index (κ1) is 18.1. The molecule has 6 nitrogen and oxygen atoms in total. The van der Waals surface area contributed by atoms with Crippen LogP contribution >= 0.6 is 0 Å². The number of carbonyl (C=O) groups excluding carboxylic acids is 1. The standard InChI is InChI=1S/C20H15FN2O4/c21-18-12-16(23(25)26)9-10-19(18)27-17-8-4-7-15(11-17)20(24)22-13-14-5-2-1-3-6-14/h1-12H,13H2,(H,22,24). The van der Waals surface area contributed by atoms with Gasteiger partial charge in [-0.15, -0.1) is 0 Å². The number of hydrogen-bond donors (Lipinski definition) is 1. The highest BCUT2D eigenvalue weighted by molar-refractivity contribution is 5.94. The number of hydrogen-bond acceptors (Lipinski definition) is 4. The zero-order valence-corrected chi connectivity index (χ0v) is 14.1. The highest BCUT2D eigenvalue weighted by atomic mass is 19.1. The van der Waals surface area contributed by atoms with Crippen molar-refractivity contribution in [1.82, 2.24) is 5.32 Å². The Morgan fingerprint density at radius 1 is 1.04 bits per heavy atom. The number of amides is 1. The third-order valence-corrected chi connectivity index (χ3v) is 3.75. The van der Waals surface area contributed by atoms with Gasteiger partial charge in [0.05, 0.1) is 11.0 Å². The normalized spacial score (nSPS) is 10.3. The molecule has 0 aliphatic carbocycles. The van der Waals surface area contributed by atoms with E-state index >= 15 is 0 Å². The molecule has 0 saturated carbocycles. The lowest BCUT2D eigenvalue weighted by atomic mass is 10.2. The van der Waals surface area contributed by atoms with E-state index in [1.807, 2.05) is 30.3 Å². The molecule has 0 aliphatic rings. The van der Waals surface area contributed by atoms with Crippen molar-refractivity contribution in [3.63, 3.8) is 0 Å². The van der Waals surface area contributed by atoms with Crippen LogP contribution in [0.15, 0.2) is 72.8 Å². The van der Waals surface area contributed by atoms with Gasteiger partial charge in [0, 0.05) is 18.2 Å². The Balaban J connectivity index is 1.70. The number of rotatable bonds is 6. The first-order valence-corrected chi connectivity index (χ1v) is 8.07. The minimum atomic E-state index is -0.858. The number of halogens is 1. The van der Waals surface area contributed by atoms with Crippen LogP contribution in [0.2, 0.25) is 0 Å². The summed E-state index contributed by atoms with van der Waals surface area (Å²) in [6, 6.07) is 18.8. The zero-order valence-electron chi connectivity index (χ0n) is 14.1. The van der Waals surface area contributed by atoms with E-state index in [4.69, 9.17) is 4.74 Å². The number of benzene rings is 3. The smallest absolute Gasteiger partial charge is 0.272 e. The third kappa shape index (κ3) is 4.66. The van der Waals surface area contributed by atoms with Gasteiger partial charge >= 0.3 is 0 Å². The van der Waals surface area contributed by atoms with Crippen molar-refractivity contribution in [2.75, 3.05) is 0 Å². The summed E-state index contributed by atoms with van der Waals surface area (Å²) in [4.78, 5) is 22.3. The van der Waals surface area contributed by atoms with Crippen LogP contribution in [0.5, 0.6) is 11.5 Å². The molecule has 0 saturated heterocycles. The molecule has 3 rings (SSSR count). The fourth-order valence-electron chi connectivity index (χ4n) is 2.39. The molecule has 0 spiro atoms. The van der Waals surface area contributed by atoms with Crippen molar-refractivity contribution in [1.29, 1.82) is 0 Å². The molecule has 1 N–H and O–H groups in total. The Hall–Kier alpha value is -3.74. The number of nitrogens with zero attached hydrogens (tertiary/aromatic N) is 1. The second kappa shape index (κ2) is 8.09. The quantitative estimate of drug-likeness (QED) is 0.516. The van der Waals surface area contributed by atoms with Crippen LogP contribution in [0, 0.1) is 15.9 Å². The monoisotopic (exact) mass is 366 g/mol. The van der Waals surface area contributed by atoms with Gasteiger partial charge in [-0.2, -0.15) is 0 Å². The summed E-state index contributed by atoms with van der Waals surface area (Å²) in [6.45, 7) is 0.377. The maximum absolute atomic E-state index is 14.0. The van der Waals surface area contributed by atoms with Gasteiger partial charge < -0.3 is 10.1 Å². The number of nitro groups is 1. The summed E-state index contributed by atoms with van der Waals surface area (Å²) >= 11 is 0. The van der Waals surface area contributed by atoms with Crippen LogP contribution in [0.1, 0.15) is 15.9 Å². The van der Waals surface area contributed by atoms with Gasteiger partial charge in [0.1, 0.15) is 5.75 Å². The third-order valence-electron chi connectivity index (χ3n) is 3.75. The number of non-ortho nitro benzene ring substituents is 1. The molecule has 3 aromatic rings. The fourth-order valence-corrected chi connectivity index (χ4v) is 2.39. The Bertz CT molecular complexity index is 977. The lowest BCUT2D eigenvalue weighted by Crippen LogP contribution is -2.22. The number of nitrogens with one attached hydrogen (secondary N) is 1. The first-order valence-electron chi connectivity index (χ1n) is 8.07. The van der Waals surface area contributed by atoms with Crippen LogP contribution < -0.4 is 10.1 Å². The molecule has 1 amide bonds.